The number of hydrogen-bond acceptors (Lipinski definition) is 2. The van der Waals surface area contributed by atoms with Crippen LogP contribution in [0.2, 0.25) is 0 Å². The first kappa shape index (κ1) is 19.0. The van der Waals surface area contributed by atoms with Gasteiger partial charge in [-0.3, -0.25) is 4.99 Å². The van der Waals surface area contributed by atoms with Crippen molar-refractivity contribution in [3.05, 3.63) is 34.3 Å². The minimum atomic E-state index is 0.792. The van der Waals surface area contributed by atoms with E-state index in [1.807, 2.05) is 13.0 Å². The number of unbranched alkanes of at least 4 members (excludes halogenated alkanes) is 1. The Kier molecular flexibility index (Phi) is 9.91. The number of hydrogen-bond donors (Lipinski definition) is 1. The lowest BCUT2D eigenvalue weighted by atomic mass is 10.2. The second kappa shape index (κ2) is 11.5. The van der Waals surface area contributed by atoms with Crippen molar-refractivity contribution in [1.82, 2.24) is 10.2 Å². The Bertz CT molecular complexity index is 451. The Morgan fingerprint density at radius 2 is 2.05 bits per heavy atom. The van der Waals surface area contributed by atoms with Gasteiger partial charge < -0.3 is 15.0 Å². The van der Waals surface area contributed by atoms with Crippen molar-refractivity contribution in [1.29, 1.82) is 0 Å². The standard InChI is InChI=1S/C17H28BrN3O/c1-4-19-17(20-12-8-9-13-22-5-2)21(3)14-15-10-6-7-11-16(15)18/h6-7,10-11H,4-5,8-9,12-14H2,1-3H3,(H,19,20). The van der Waals surface area contributed by atoms with E-state index in [4.69, 9.17) is 9.73 Å². The summed E-state index contributed by atoms with van der Waals surface area (Å²) in [6.45, 7) is 8.27. The summed E-state index contributed by atoms with van der Waals surface area (Å²) in [7, 11) is 2.07. The second-order valence-electron chi connectivity index (χ2n) is 5.09. The lowest BCUT2D eigenvalue weighted by Crippen LogP contribution is -2.38. The zero-order chi connectivity index (χ0) is 16.2. The minimum absolute atomic E-state index is 0.792. The number of rotatable bonds is 9. The zero-order valence-electron chi connectivity index (χ0n) is 13.9. The van der Waals surface area contributed by atoms with Crippen molar-refractivity contribution < 1.29 is 4.74 Å². The number of benzene rings is 1. The van der Waals surface area contributed by atoms with E-state index in [2.05, 4.69) is 58.3 Å². The highest BCUT2D eigenvalue weighted by Crippen LogP contribution is 2.17. The van der Waals surface area contributed by atoms with Crippen molar-refractivity contribution in [2.45, 2.75) is 33.2 Å². The predicted molar refractivity (Wildman–Crippen MR) is 97.3 cm³/mol. The highest BCUT2D eigenvalue weighted by molar-refractivity contribution is 9.10. The second-order valence-corrected chi connectivity index (χ2v) is 5.94. The molecule has 0 radical (unpaired) electrons. The highest BCUT2D eigenvalue weighted by Gasteiger charge is 2.08. The number of nitrogens with one attached hydrogen (secondary N) is 1. The first-order valence-corrected chi connectivity index (χ1v) is 8.78. The fraction of sp³-hybridized carbons (Fsp3) is 0.588. The van der Waals surface area contributed by atoms with E-state index in [0.717, 1.165) is 56.1 Å². The number of ether oxygens (including phenoxy) is 1. The molecule has 0 fully saturated rings. The monoisotopic (exact) mass is 369 g/mol. The summed E-state index contributed by atoms with van der Waals surface area (Å²) in [5, 5.41) is 3.35. The third-order valence-corrected chi connectivity index (χ3v) is 4.00. The van der Waals surface area contributed by atoms with Crippen LogP contribution >= 0.6 is 15.9 Å². The van der Waals surface area contributed by atoms with Gasteiger partial charge in [-0.05, 0) is 38.3 Å². The van der Waals surface area contributed by atoms with E-state index in [0.29, 0.717) is 0 Å². The highest BCUT2D eigenvalue weighted by atomic mass is 79.9. The summed E-state index contributed by atoms with van der Waals surface area (Å²) < 4.78 is 6.48. The summed E-state index contributed by atoms with van der Waals surface area (Å²) in [6, 6.07) is 8.30. The molecule has 0 aliphatic carbocycles. The van der Waals surface area contributed by atoms with Crippen LogP contribution in [-0.2, 0) is 11.3 Å². The Labute approximate surface area is 143 Å². The molecule has 0 saturated carbocycles. The van der Waals surface area contributed by atoms with Crippen molar-refractivity contribution in [2.75, 3.05) is 33.4 Å². The quantitative estimate of drug-likeness (QED) is 0.410. The summed E-state index contributed by atoms with van der Waals surface area (Å²) in [6.07, 6.45) is 2.11. The molecular weight excluding hydrogens is 342 g/mol. The van der Waals surface area contributed by atoms with Crippen LogP contribution in [0.1, 0.15) is 32.3 Å². The normalized spacial score (nSPS) is 11.5. The summed E-state index contributed by atoms with van der Waals surface area (Å²) in [5.41, 5.74) is 1.26. The van der Waals surface area contributed by atoms with E-state index in [-0.39, 0.29) is 0 Å². The Hall–Kier alpha value is -1.07. The average molecular weight is 370 g/mol. The largest absolute Gasteiger partial charge is 0.382 e. The van der Waals surface area contributed by atoms with Crippen molar-refractivity contribution in [2.24, 2.45) is 4.99 Å². The first-order chi connectivity index (χ1) is 10.7. The molecule has 0 heterocycles. The predicted octanol–water partition coefficient (Wildman–Crippen LogP) is 3.66. The van der Waals surface area contributed by atoms with Gasteiger partial charge in [-0.25, -0.2) is 0 Å². The lowest BCUT2D eigenvalue weighted by molar-refractivity contribution is 0.144. The number of aliphatic imine (C=N–C) groups is 1. The van der Waals surface area contributed by atoms with Gasteiger partial charge in [0, 0.05) is 44.4 Å². The molecule has 1 aromatic rings. The van der Waals surface area contributed by atoms with Gasteiger partial charge in [0.25, 0.3) is 0 Å². The molecule has 0 aromatic heterocycles. The fourth-order valence-electron chi connectivity index (χ4n) is 2.07. The maximum absolute atomic E-state index is 5.35. The molecule has 0 saturated heterocycles. The molecule has 0 spiro atoms. The molecule has 22 heavy (non-hydrogen) atoms. The van der Waals surface area contributed by atoms with Gasteiger partial charge in [-0.15, -0.1) is 0 Å². The Morgan fingerprint density at radius 3 is 2.73 bits per heavy atom. The number of halogens is 1. The van der Waals surface area contributed by atoms with Crippen molar-refractivity contribution in [3.63, 3.8) is 0 Å². The molecule has 0 atom stereocenters. The number of nitrogens with zero attached hydrogens (tertiary/aromatic N) is 2. The van der Waals surface area contributed by atoms with Crippen LogP contribution in [0.25, 0.3) is 0 Å². The lowest BCUT2D eigenvalue weighted by Gasteiger charge is -2.22. The van der Waals surface area contributed by atoms with Crippen LogP contribution in [0.5, 0.6) is 0 Å². The average Bonchev–Trinajstić information content (AvgIpc) is 2.51. The molecule has 0 aliphatic heterocycles. The molecule has 0 unspecified atom stereocenters. The van der Waals surface area contributed by atoms with Crippen molar-refractivity contribution >= 4 is 21.9 Å². The molecular formula is C17H28BrN3O. The molecule has 5 heteroatoms. The van der Waals surface area contributed by atoms with Gasteiger partial charge in [0.1, 0.15) is 0 Å². The van der Waals surface area contributed by atoms with Crippen LogP contribution < -0.4 is 5.32 Å². The molecule has 1 rings (SSSR count). The van der Waals surface area contributed by atoms with Gasteiger partial charge in [-0.1, -0.05) is 34.1 Å². The van der Waals surface area contributed by atoms with Gasteiger partial charge in [0.15, 0.2) is 5.96 Å². The van der Waals surface area contributed by atoms with E-state index >= 15 is 0 Å². The summed E-state index contributed by atoms with van der Waals surface area (Å²) >= 11 is 3.60. The SMILES string of the molecule is CCNC(=NCCCCOCC)N(C)Cc1ccccc1Br. The molecule has 0 amide bonds. The molecule has 1 N–H and O–H groups in total. The van der Waals surface area contributed by atoms with Crippen LogP contribution in [0.15, 0.2) is 33.7 Å². The smallest absolute Gasteiger partial charge is 0.193 e. The number of guanidine groups is 1. The van der Waals surface area contributed by atoms with Gasteiger partial charge in [0.05, 0.1) is 0 Å². The van der Waals surface area contributed by atoms with E-state index in [1.165, 1.54) is 5.56 Å². The van der Waals surface area contributed by atoms with Gasteiger partial charge in [-0.2, -0.15) is 0 Å². The van der Waals surface area contributed by atoms with Crippen molar-refractivity contribution in [3.8, 4) is 0 Å². The topological polar surface area (TPSA) is 36.9 Å². The Balaban J connectivity index is 2.51. The fourth-order valence-corrected chi connectivity index (χ4v) is 2.48. The van der Waals surface area contributed by atoms with Gasteiger partial charge in [0.2, 0.25) is 0 Å². The third kappa shape index (κ3) is 7.27. The van der Waals surface area contributed by atoms with Crippen LogP contribution in [0, 0.1) is 0 Å². The zero-order valence-corrected chi connectivity index (χ0v) is 15.5. The maximum atomic E-state index is 5.35. The third-order valence-electron chi connectivity index (χ3n) is 3.22. The molecule has 4 nitrogen and oxygen atoms in total. The van der Waals surface area contributed by atoms with E-state index in [1.54, 1.807) is 0 Å². The molecule has 0 bridgehead atoms. The summed E-state index contributed by atoms with van der Waals surface area (Å²) in [4.78, 5) is 6.86. The van der Waals surface area contributed by atoms with Crippen LogP contribution in [0.4, 0.5) is 0 Å². The molecule has 0 aliphatic rings. The van der Waals surface area contributed by atoms with Gasteiger partial charge >= 0.3 is 0 Å². The molecule has 124 valence electrons. The van der Waals surface area contributed by atoms with Crippen LogP contribution in [-0.4, -0.2) is 44.2 Å². The Morgan fingerprint density at radius 1 is 1.27 bits per heavy atom. The maximum Gasteiger partial charge on any atom is 0.193 e. The molecule has 1 aromatic carbocycles. The summed E-state index contributed by atoms with van der Waals surface area (Å²) in [5.74, 6) is 0.953. The first-order valence-electron chi connectivity index (χ1n) is 7.99. The van der Waals surface area contributed by atoms with Crippen LogP contribution in [0.3, 0.4) is 0 Å². The van der Waals surface area contributed by atoms with E-state index in [9.17, 15) is 0 Å². The minimum Gasteiger partial charge on any atom is -0.382 e. The van der Waals surface area contributed by atoms with E-state index < -0.39 is 0 Å².